The molecule has 1 aliphatic rings. The van der Waals surface area contributed by atoms with Crippen LogP contribution in [-0.2, 0) is 6.42 Å². The van der Waals surface area contributed by atoms with Crippen molar-refractivity contribution >= 4 is 5.91 Å². The highest BCUT2D eigenvalue weighted by Gasteiger charge is 2.20. The van der Waals surface area contributed by atoms with Crippen molar-refractivity contribution in [3.05, 3.63) is 70.8 Å². The van der Waals surface area contributed by atoms with Crippen molar-refractivity contribution in [1.29, 1.82) is 0 Å². The summed E-state index contributed by atoms with van der Waals surface area (Å²) in [4.78, 5) is 12.0. The van der Waals surface area contributed by atoms with Crippen LogP contribution in [0.2, 0.25) is 0 Å². The zero-order valence-corrected chi connectivity index (χ0v) is 12.2. The molecule has 0 aromatic heterocycles. The Balaban J connectivity index is 2.00. The predicted molar refractivity (Wildman–Crippen MR) is 84.4 cm³/mol. The Hall–Kier alpha value is -2.13. The summed E-state index contributed by atoms with van der Waals surface area (Å²) in [6, 6.07) is 16.7. The number of amides is 1. The first kappa shape index (κ1) is 13.8. The first-order valence-corrected chi connectivity index (χ1v) is 7.49. The van der Waals surface area contributed by atoms with Crippen LogP contribution in [0.3, 0.4) is 0 Å². The summed E-state index contributed by atoms with van der Waals surface area (Å²) in [5, 5.41) is 6.42. The first-order valence-electron chi connectivity index (χ1n) is 7.49. The second-order valence-corrected chi connectivity index (χ2v) is 5.32. The van der Waals surface area contributed by atoms with Gasteiger partial charge in [-0.05, 0) is 35.7 Å². The molecule has 21 heavy (non-hydrogen) atoms. The van der Waals surface area contributed by atoms with E-state index in [2.05, 4.69) is 41.8 Å². The SMILES string of the molecule is CCNC(c1ccccc1)c1ccc2c(c1)C(=O)NCC2. The number of hydrogen-bond donors (Lipinski definition) is 2. The zero-order chi connectivity index (χ0) is 14.7. The van der Waals surface area contributed by atoms with E-state index >= 15 is 0 Å². The van der Waals surface area contributed by atoms with Gasteiger partial charge in [-0.25, -0.2) is 0 Å². The van der Waals surface area contributed by atoms with Gasteiger partial charge in [-0.1, -0.05) is 49.4 Å². The van der Waals surface area contributed by atoms with Gasteiger partial charge in [0, 0.05) is 12.1 Å². The molecule has 1 aliphatic heterocycles. The molecule has 0 saturated carbocycles. The van der Waals surface area contributed by atoms with Gasteiger partial charge < -0.3 is 10.6 Å². The molecule has 0 saturated heterocycles. The lowest BCUT2D eigenvalue weighted by molar-refractivity contribution is 0.0946. The van der Waals surface area contributed by atoms with Crippen LogP contribution in [0.15, 0.2) is 48.5 Å². The monoisotopic (exact) mass is 280 g/mol. The summed E-state index contributed by atoms with van der Waals surface area (Å²) in [5.41, 5.74) is 4.32. The van der Waals surface area contributed by atoms with E-state index in [9.17, 15) is 4.79 Å². The van der Waals surface area contributed by atoms with E-state index in [1.165, 1.54) is 5.56 Å². The normalized spacial score (nSPS) is 15.2. The Kier molecular flexibility index (Phi) is 4.02. The molecule has 108 valence electrons. The van der Waals surface area contributed by atoms with Gasteiger partial charge in [0.05, 0.1) is 6.04 Å². The van der Waals surface area contributed by atoms with Crippen molar-refractivity contribution in [2.45, 2.75) is 19.4 Å². The minimum atomic E-state index is 0.0430. The smallest absolute Gasteiger partial charge is 0.251 e. The van der Waals surface area contributed by atoms with Crippen LogP contribution in [-0.4, -0.2) is 19.0 Å². The van der Waals surface area contributed by atoms with Crippen molar-refractivity contribution in [3.63, 3.8) is 0 Å². The Bertz CT molecular complexity index is 637. The van der Waals surface area contributed by atoms with E-state index in [0.717, 1.165) is 36.2 Å². The summed E-state index contributed by atoms with van der Waals surface area (Å²) in [6.07, 6.45) is 0.915. The molecule has 0 spiro atoms. The third kappa shape index (κ3) is 2.83. The first-order chi connectivity index (χ1) is 10.3. The van der Waals surface area contributed by atoms with Gasteiger partial charge >= 0.3 is 0 Å². The van der Waals surface area contributed by atoms with Crippen molar-refractivity contribution < 1.29 is 4.79 Å². The Labute approximate surface area is 125 Å². The lowest BCUT2D eigenvalue weighted by atomic mass is 9.92. The second-order valence-electron chi connectivity index (χ2n) is 5.32. The maximum Gasteiger partial charge on any atom is 0.251 e. The number of nitrogens with one attached hydrogen (secondary N) is 2. The molecule has 2 N–H and O–H groups in total. The number of carbonyl (C=O) groups excluding carboxylic acids is 1. The molecule has 3 nitrogen and oxygen atoms in total. The average Bonchev–Trinajstić information content (AvgIpc) is 2.54. The van der Waals surface area contributed by atoms with Gasteiger partial charge in [-0.3, -0.25) is 4.79 Å². The van der Waals surface area contributed by atoms with Gasteiger partial charge in [0.25, 0.3) is 5.91 Å². The van der Waals surface area contributed by atoms with Gasteiger partial charge in [0.2, 0.25) is 0 Å². The molecule has 3 heteroatoms. The fraction of sp³-hybridized carbons (Fsp3) is 0.278. The van der Waals surface area contributed by atoms with E-state index in [0.29, 0.717) is 0 Å². The topological polar surface area (TPSA) is 41.1 Å². The second kappa shape index (κ2) is 6.10. The van der Waals surface area contributed by atoms with Gasteiger partial charge in [-0.15, -0.1) is 0 Å². The molecular formula is C18H20N2O. The lowest BCUT2D eigenvalue weighted by Crippen LogP contribution is -2.32. The average molecular weight is 280 g/mol. The molecule has 0 aliphatic carbocycles. The lowest BCUT2D eigenvalue weighted by Gasteiger charge is -2.22. The van der Waals surface area contributed by atoms with Crippen LogP contribution in [0.5, 0.6) is 0 Å². The van der Waals surface area contributed by atoms with Crippen LogP contribution in [0, 0.1) is 0 Å². The number of rotatable bonds is 4. The Morgan fingerprint density at radius 1 is 1.14 bits per heavy atom. The van der Waals surface area contributed by atoms with Crippen LogP contribution in [0.25, 0.3) is 0 Å². The molecule has 1 unspecified atom stereocenters. The minimum Gasteiger partial charge on any atom is -0.352 e. The maximum absolute atomic E-state index is 12.0. The fourth-order valence-corrected chi connectivity index (χ4v) is 2.89. The number of fused-ring (bicyclic) bond motifs is 1. The summed E-state index contributed by atoms with van der Waals surface area (Å²) in [7, 11) is 0. The van der Waals surface area contributed by atoms with E-state index in [4.69, 9.17) is 0 Å². The van der Waals surface area contributed by atoms with Gasteiger partial charge in [0.1, 0.15) is 0 Å². The Morgan fingerprint density at radius 3 is 2.71 bits per heavy atom. The fourth-order valence-electron chi connectivity index (χ4n) is 2.89. The number of carbonyl (C=O) groups is 1. The van der Waals surface area contributed by atoms with Crippen molar-refractivity contribution in [1.82, 2.24) is 10.6 Å². The third-order valence-electron chi connectivity index (χ3n) is 3.93. The summed E-state index contributed by atoms with van der Waals surface area (Å²) in [5.74, 6) is 0.0430. The van der Waals surface area contributed by atoms with Crippen LogP contribution in [0.1, 0.15) is 40.0 Å². The highest BCUT2D eigenvalue weighted by molar-refractivity contribution is 5.96. The molecule has 1 amide bonds. The van der Waals surface area contributed by atoms with E-state index in [-0.39, 0.29) is 11.9 Å². The number of hydrogen-bond acceptors (Lipinski definition) is 2. The van der Waals surface area contributed by atoms with Gasteiger partial charge in [0.15, 0.2) is 0 Å². The molecule has 0 bridgehead atoms. The largest absolute Gasteiger partial charge is 0.352 e. The van der Waals surface area contributed by atoms with E-state index in [1.807, 2.05) is 24.3 Å². The molecular weight excluding hydrogens is 260 g/mol. The van der Waals surface area contributed by atoms with E-state index < -0.39 is 0 Å². The highest BCUT2D eigenvalue weighted by Crippen LogP contribution is 2.25. The van der Waals surface area contributed by atoms with Crippen LogP contribution >= 0.6 is 0 Å². The molecule has 1 heterocycles. The summed E-state index contributed by atoms with van der Waals surface area (Å²) >= 11 is 0. The quantitative estimate of drug-likeness (QED) is 0.904. The summed E-state index contributed by atoms with van der Waals surface area (Å²) in [6.45, 7) is 3.71. The van der Waals surface area contributed by atoms with Gasteiger partial charge in [-0.2, -0.15) is 0 Å². The molecule has 3 rings (SSSR count). The molecule has 0 fully saturated rings. The standard InChI is InChI=1S/C18H20N2O/c1-2-19-17(14-6-4-3-5-7-14)15-9-8-13-10-11-20-18(21)16(13)12-15/h3-9,12,17,19H,2,10-11H2,1H3,(H,20,21). The van der Waals surface area contributed by atoms with Crippen LogP contribution < -0.4 is 10.6 Å². The predicted octanol–water partition coefficient (Wildman–Crippen LogP) is 2.67. The van der Waals surface area contributed by atoms with Crippen molar-refractivity contribution in [3.8, 4) is 0 Å². The molecule has 1 atom stereocenters. The summed E-state index contributed by atoms with van der Waals surface area (Å²) < 4.78 is 0. The minimum absolute atomic E-state index is 0.0430. The molecule has 2 aromatic rings. The maximum atomic E-state index is 12.0. The molecule has 0 radical (unpaired) electrons. The zero-order valence-electron chi connectivity index (χ0n) is 12.2. The Morgan fingerprint density at radius 2 is 1.95 bits per heavy atom. The third-order valence-corrected chi connectivity index (χ3v) is 3.93. The van der Waals surface area contributed by atoms with Crippen LogP contribution in [0.4, 0.5) is 0 Å². The highest BCUT2D eigenvalue weighted by atomic mass is 16.1. The van der Waals surface area contributed by atoms with Crippen molar-refractivity contribution in [2.75, 3.05) is 13.1 Å². The molecule has 2 aromatic carbocycles. The van der Waals surface area contributed by atoms with E-state index in [1.54, 1.807) is 0 Å². The number of benzene rings is 2. The van der Waals surface area contributed by atoms with Crippen molar-refractivity contribution in [2.24, 2.45) is 0 Å².